The molecule has 1 atom stereocenters. The molecule has 1 aliphatic heterocycles. The molecule has 0 fully saturated rings. The molecule has 1 aliphatic rings. The zero-order valence-corrected chi connectivity index (χ0v) is 14.6. The third-order valence-electron chi connectivity index (χ3n) is 4.64. The molecule has 0 aromatic heterocycles. The lowest BCUT2D eigenvalue weighted by Gasteiger charge is -2.24. The van der Waals surface area contributed by atoms with E-state index in [2.05, 4.69) is 62.7 Å². The van der Waals surface area contributed by atoms with E-state index in [0.29, 0.717) is 5.92 Å². The number of hydrogen-bond donors (Lipinski definition) is 0. The zero-order chi connectivity index (χ0) is 15.9. The average Bonchev–Trinajstić information content (AvgIpc) is 2.52. The van der Waals surface area contributed by atoms with E-state index in [1.165, 1.54) is 53.7 Å². The van der Waals surface area contributed by atoms with Crippen molar-refractivity contribution in [3.05, 3.63) is 46.4 Å². The van der Waals surface area contributed by atoms with Crippen molar-refractivity contribution in [1.29, 1.82) is 0 Å². The van der Waals surface area contributed by atoms with Crippen molar-refractivity contribution in [3.8, 4) is 0 Å². The van der Waals surface area contributed by atoms with E-state index >= 15 is 0 Å². The molecule has 1 nitrogen and oxygen atoms in total. The summed E-state index contributed by atoms with van der Waals surface area (Å²) in [5.74, 6) is 0.502. The molecule has 0 N–H and O–H groups in total. The van der Waals surface area contributed by atoms with Crippen LogP contribution in [0.3, 0.4) is 0 Å². The van der Waals surface area contributed by atoms with Crippen molar-refractivity contribution in [1.82, 2.24) is 4.90 Å². The normalized spacial score (nSPS) is 14.8. The summed E-state index contributed by atoms with van der Waals surface area (Å²) in [4.78, 5) is 2.44. The minimum absolute atomic E-state index is 0.502. The summed E-state index contributed by atoms with van der Waals surface area (Å²) in [7, 11) is 0. The molecular weight excluding hydrogens is 266 g/mol. The molecule has 0 saturated carbocycles. The van der Waals surface area contributed by atoms with E-state index in [4.69, 9.17) is 0 Å². The topological polar surface area (TPSA) is 3.24 Å². The van der Waals surface area contributed by atoms with E-state index in [1.807, 2.05) is 0 Å². The van der Waals surface area contributed by atoms with Crippen LogP contribution in [0.2, 0.25) is 0 Å². The second-order valence-corrected chi connectivity index (χ2v) is 6.57. The van der Waals surface area contributed by atoms with Gasteiger partial charge in [0.05, 0.1) is 0 Å². The lowest BCUT2D eigenvalue weighted by atomic mass is 9.86. The predicted molar refractivity (Wildman–Crippen MR) is 98.2 cm³/mol. The molecule has 22 heavy (non-hydrogen) atoms. The van der Waals surface area contributed by atoms with Crippen molar-refractivity contribution < 1.29 is 0 Å². The standard InChI is InChI=1S/C21H31N/c1-5-7-11-19(17(3)4)21-12-9-10-18-16-22(14-8-6-2)15-13-20(18)21/h9-10,12-13,16,19H,3,5-8,11,14-15H2,1-2,4H3. The predicted octanol–water partition coefficient (Wildman–Crippen LogP) is 4.17. The molecule has 0 aliphatic carbocycles. The van der Waals surface area contributed by atoms with E-state index in [0.717, 1.165) is 13.1 Å². The smallest absolute Gasteiger partial charge is 0.0363 e. The highest BCUT2D eigenvalue weighted by Gasteiger charge is 2.15. The maximum Gasteiger partial charge on any atom is 0.0363 e. The van der Waals surface area contributed by atoms with Gasteiger partial charge in [0.25, 0.3) is 0 Å². The molecule has 1 heteroatoms. The molecule has 0 radical (unpaired) electrons. The lowest BCUT2D eigenvalue weighted by Crippen LogP contribution is -2.38. The van der Waals surface area contributed by atoms with Crippen LogP contribution in [0.5, 0.6) is 0 Å². The fourth-order valence-electron chi connectivity index (χ4n) is 3.30. The summed E-state index contributed by atoms with van der Waals surface area (Å²) in [6.45, 7) is 13.2. The number of benzene rings is 1. The minimum atomic E-state index is 0.502. The van der Waals surface area contributed by atoms with E-state index in [9.17, 15) is 0 Å². The Labute approximate surface area is 136 Å². The first kappa shape index (κ1) is 16.9. The van der Waals surface area contributed by atoms with Gasteiger partial charge in [0, 0.05) is 25.2 Å². The molecule has 1 aromatic carbocycles. The maximum absolute atomic E-state index is 4.25. The van der Waals surface area contributed by atoms with E-state index in [1.54, 1.807) is 0 Å². The van der Waals surface area contributed by atoms with Crippen molar-refractivity contribution >= 4 is 12.3 Å². The maximum atomic E-state index is 4.25. The first-order valence-corrected chi connectivity index (χ1v) is 8.87. The van der Waals surface area contributed by atoms with Gasteiger partial charge in [-0.2, -0.15) is 0 Å². The second-order valence-electron chi connectivity index (χ2n) is 6.57. The Morgan fingerprint density at radius 1 is 1.23 bits per heavy atom. The fourth-order valence-corrected chi connectivity index (χ4v) is 3.30. The largest absolute Gasteiger partial charge is 0.373 e. The minimum Gasteiger partial charge on any atom is -0.373 e. The van der Waals surface area contributed by atoms with E-state index in [-0.39, 0.29) is 0 Å². The summed E-state index contributed by atoms with van der Waals surface area (Å²) in [5.41, 5.74) is 2.77. The molecule has 1 aromatic rings. The van der Waals surface area contributed by atoms with Gasteiger partial charge in [0.15, 0.2) is 0 Å². The highest BCUT2D eigenvalue weighted by Crippen LogP contribution is 2.26. The summed E-state index contributed by atoms with van der Waals surface area (Å²) in [6.07, 6.45) is 11.0. The van der Waals surface area contributed by atoms with Gasteiger partial charge in [-0.3, -0.25) is 0 Å². The van der Waals surface area contributed by atoms with Crippen LogP contribution in [0.4, 0.5) is 0 Å². The van der Waals surface area contributed by atoms with Gasteiger partial charge in [-0.05, 0) is 35.8 Å². The fraction of sp³-hybridized carbons (Fsp3) is 0.524. The van der Waals surface area contributed by atoms with Gasteiger partial charge in [0.1, 0.15) is 0 Å². The number of allylic oxidation sites excluding steroid dienone is 1. The van der Waals surface area contributed by atoms with Crippen molar-refractivity contribution in [2.45, 2.75) is 58.8 Å². The molecular formula is C21H31N. The molecule has 1 heterocycles. The summed E-state index contributed by atoms with van der Waals surface area (Å²) >= 11 is 0. The van der Waals surface area contributed by atoms with E-state index < -0.39 is 0 Å². The van der Waals surface area contributed by atoms with Crippen LogP contribution in [0.25, 0.3) is 12.3 Å². The van der Waals surface area contributed by atoms with Crippen LogP contribution in [0.15, 0.2) is 30.4 Å². The molecule has 120 valence electrons. The second kappa shape index (κ2) is 8.22. The Hall–Kier alpha value is -1.50. The number of fused-ring (bicyclic) bond motifs is 1. The summed E-state index contributed by atoms with van der Waals surface area (Å²) < 4.78 is 0. The third-order valence-corrected chi connectivity index (χ3v) is 4.64. The Kier molecular flexibility index (Phi) is 6.30. The summed E-state index contributed by atoms with van der Waals surface area (Å²) in [6, 6.07) is 6.77. The first-order valence-electron chi connectivity index (χ1n) is 8.87. The van der Waals surface area contributed by atoms with Crippen LogP contribution >= 0.6 is 0 Å². The molecule has 0 bridgehead atoms. The molecule has 2 rings (SSSR count). The van der Waals surface area contributed by atoms with Crippen molar-refractivity contribution in [2.75, 3.05) is 13.1 Å². The highest BCUT2D eigenvalue weighted by atomic mass is 15.1. The lowest BCUT2D eigenvalue weighted by molar-refractivity contribution is 0.444. The number of unbranched alkanes of at least 4 members (excludes halogenated alkanes) is 2. The monoisotopic (exact) mass is 297 g/mol. The van der Waals surface area contributed by atoms with Crippen LogP contribution in [0, 0.1) is 0 Å². The van der Waals surface area contributed by atoms with Crippen molar-refractivity contribution in [3.63, 3.8) is 0 Å². The van der Waals surface area contributed by atoms with Crippen molar-refractivity contribution in [2.24, 2.45) is 0 Å². The molecule has 0 amide bonds. The van der Waals surface area contributed by atoms with Gasteiger partial charge < -0.3 is 4.90 Å². The van der Waals surface area contributed by atoms with Crippen LogP contribution in [-0.2, 0) is 0 Å². The zero-order valence-electron chi connectivity index (χ0n) is 14.6. The third kappa shape index (κ3) is 4.03. The number of nitrogens with zero attached hydrogens (tertiary/aromatic N) is 1. The first-order chi connectivity index (χ1) is 10.7. The molecule has 0 saturated heterocycles. The van der Waals surface area contributed by atoms with Gasteiger partial charge in [0.2, 0.25) is 0 Å². The number of rotatable bonds is 8. The Morgan fingerprint density at radius 3 is 2.68 bits per heavy atom. The highest BCUT2D eigenvalue weighted by molar-refractivity contribution is 5.44. The van der Waals surface area contributed by atoms with Gasteiger partial charge >= 0.3 is 0 Å². The molecule has 1 unspecified atom stereocenters. The Bertz CT molecular complexity index is 611. The summed E-state index contributed by atoms with van der Waals surface area (Å²) in [5, 5.41) is 2.82. The number of hydrogen-bond acceptors (Lipinski definition) is 1. The van der Waals surface area contributed by atoms with Crippen LogP contribution < -0.4 is 10.4 Å². The van der Waals surface area contributed by atoms with Crippen LogP contribution in [0.1, 0.15) is 64.4 Å². The van der Waals surface area contributed by atoms with Gasteiger partial charge in [-0.25, -0.2) is 0 Å². The Balaban J connectivity index is 2.34. The van der Waals surface area contributed by atoms with Gasteiger partial charge in [-0.15, -0.1) is 0 Å². The quantitative estimate of drug-likeness (QED) is 0.651. The van der Waals surface area contributed by atoms with Gasteiger partial charge in [-0.1, -0.05) is 69.5 Å². The average molecular weight is 297 g/mol. The molecule has 0 spiro atoms. The Morgan fingerprint density at radius 2 is 2.00 bits per heavy atom. The SMILES string of the molecule is C=C(C)C(CCCC)c1cccc2c1=CCN(CCCC)C=2. The van der Waals surface area contributed by atoms with Crippen LogP contribution in [-0.4, -0.2) is 18.0 Å².